The van der Waals surface area contributed by atoms with Gasteiger partial charge in [0.1, 0.15) is 11.6 Å². The number of carbonyl (C=O) groups excluding carboxylic acids is 1. The van der Waals surface area contributed by atoms with Gasteiger partial charge in [-0.25, -0.2) is 4.39 Å². The molecule has 0 aliphatic carbocycles. The number of morpholine rings is 1. The maximum Gasteiger partial charge on any atom is 0.255 e. The standard InChI is InChI=1S/C30H34ClFN4O3/c1-35-10-3-6-26(9-11-35)39-27-5-2-4-23(20-27)33-29-16-21(7-8-28(29)31)30(37)34-24-17-22(32)18-25(19-24)36-12-14-38-15-13-36/h2,4-5,7-8,16-20,26,33H,3,6,9-15H2,1H3,(H,34,37). The molecule has 0 radical (unpaired) electrons. The van der Waals surface area contributed by atoms with Crippen LogP contribution in [0.1, 0.15) is 29.6 Å². The molecule has 1 atom stereocenters. The molecule has 0 bridgehead atoms. The molecule has 39 heavy (non-hydrogen) atoms. The molecule has 3 aromatic carbocycles. The van der Waals surface area contributed by atoms with E-state index < -0.39 is 5.82 Å². The van der Waals surface area contributed by atoms with E-state index in [-0.39, 0.29) is 12.0 Å². The number of hydrogen-bond donors (Lipinski definition) is 2. The highest BCUT2D eigenvalue weighted by atomic mass is 35.5. The molecule has 2 aliphatic rings. The van der Waals surface area contributed by atoms with Crippen molar-refractivity contribution in [3.8, 4) is 5.75 Å². The Morgan fingerprint density at radius 3 is 2.69 bits per heavy atom. The number of nitrogens with zero attached hydrogens (tertiary/aromatic N) is 2. The molecular weight excluding hydrogens is 519 g/mol. The normalized spacial score (nSPS) is 18.3. The Labute approximate surface area is 233 Å². The first-order chi connectivity index (χ1) is 18.9. The van der Waals surface area contributed by atoms with Crippen LogP contribution in [0.25, 0.3) is 0 Å². The van der Waals surface area contributed by atoms with E-state index >= 15 is 0 Å². The van der Waals surface area contributed by atoms with Crippen LogP contribution in [0, 0.1) is 5.82 Å². The van der Waals surface area contributed by atoms with Gasteiger partial charge in [-0.05, 0) is 81.4 Å². The molecule has 3 aromatic rings. The van der Waals surface area contributed by atoms with Crippen LogP contribution < -0.4 is 20.3 Å². The van der Waals surface area contributed by atoms with Gasteiger partial charge in [-0.3, -0.25) is 4.79 Å². The molecule has 1 amide bonds. The minimum atomic E-state index is -0.411. The summed E-state index contributed by atoms with van der Waals surface area (Å²) in [4.78, 5) is 17.5. The Morgan fingerprint density at radius 1 is 1.00 bits per heavy atom. The zero-order valence-electron chi connectivity index (χ0n) is 22.1. The van der Waals surface area contributed by atoms with Gasteiger partial charge in [-0.2, -0.15) is 0 Å². The highest BCUT2D eigenvalue weighted by Gasteiger charge is 2.17. The number of likely N-dealkylation sites (tertiary alicyclic amines) is 1. The Kier molecular flexibility index (Phi) is 8.86. The van der Waals surface area contributed by atoms with Crippen LogP contribution in [0.5, 0.6) is 5.75 Å². The third-order valence-electron chi connectivity index (χ3n) is 7.06. The second-order valence-corrected chi connectivity index (χ2v) is 10.5. The number of hydrogen-bond acceptors (Lipinski definition) is 6. The van der Waals surface area contributed by atoms with Crippen molar-refractivity contribution in [3.63, 3.8) is 0 Å². The van der Waals surface area contributed by atoms with E-state index in [1.165, 1.54) is 12.1 Å². The number of benzene rings is 3. The summed E-state index contributed by atoms with van der Waals surface area (Å²) in [6.07, 6.45) is 3.33. The fourth-order valence-corrected chi connectivity index (χ4v) is 5.10. The maximum atomic E-state index is 14.4. The highest BCUT2D eigenvalue weighted by Crippen LogP contribution is 2.30. The summed E-state index contributed by atoms with van der Waals surface area (Å²) < 4.78 is 26.0. The Bertz CT molecular complexity index is 1300. The van der Waals surface area contributed by atoms with E-state index in [0.717, 1.165) is 43.8 Å². The number of carbonyl (C=O) groups is 1. The predicted molar refractivity (Wildman–Crippen MR) is 154 cm³/mol. The maximum absolute atomic E-state index is 14.4. The van der Waals surface area contributed by atoms with E-state index in [0.29, 0.717) is 54.0 Å². The summed E-state index contributed by atoms with van der Waals surface area (Å²) in [5, 5.41) is 6.61. The van der Waals surface area contributed by atoms with Crippen LogP contribution in [0.15, 0.2) is 60.7 Å². The van der Waals surface area contributed by atoms with Gasteiger partial charge >= 0.3 is 0 Å². The molecule has 7 nitrogen and oxygen atoms in total. The van der Waals surface area contributed by atoms with Crippen LogP contribution >= 0.6 is 11.6 Å². The number of nitrogens with one attached hydrogen (secondary N) is 2. The summed E-state index contributed by atoms with van der Waals surface area (Å²) in [5.74, 6) is 0.0242. The predicted octanol–water partition coefficient (Wildman–Crippen LogP) is 6.17. The monoisotopic (exact) mass is 552 g/mol. The van der Waals surface area contributed by atoms with Crippen molar-refractivity contribution in [1.82, 2.24) is 4.90 Å². The minimum absolute atomic E-state index is 0.187. The second kappa shape index (κ2) is 12.7. The zero-order chi connectivity index (χ0) is 27.2. The van der Waals surface area contributed by atoms with Crippen molar-refractivity contribution in [2.45, 2.75) is 25.4 Å². The molecule has 0 saturated carbocycles. The molecule has 9 heteroatoms. The van der Waals surface area contributed by atoms with Crippen molar-refractivity contribution in [3.05, 3.63) is 77.1 Å². The lowest BCUT2D eigenvalue weighted by Crippen LogP contribution is -2.36. The van der Waals surface area contributed by atoms with E-state index in [4.69, 9.17) is 21.1 Å². The first-order valence-electron chi connectivity index (χ1n) is 13.4. The summed E-state index contributed by atoms with van der Waals surface area (Å²) >= 11 is 6.47. The quantitative estimate of drug-likeness (QED) is 0.365. The molecule has 2 saturated heterocycles. The van der Waals surface area contributed by atoms with E-state index in [1.54, 1.807) is 24.3 Å². The number of halogens is 2. The smallest absolute Gasteiger partial charge is 0.255 e. The topological polar surface area (TPSA) is 66.1 Å². The van der Waals surface area contributed by atoms with Gasteiger partial charge in [0.2, 0.25) is 0 Å². The fourth-order valence-electron chi connectivity index (χ4n) is 4.94. The summed E-state index contributed by atoms with van der Waals surface area (Å²) in [6.45, 7) is 4.65. The fraction of sp³-hybridized carbons (Fsp3) is 0.367. The van der Waals surface area contributed by atoms with Crippen molar-refractivity contribution in [2.24, 2.45) is 0 Å². The van der Waals surface area contributed by atoms with Gasteiger partial charge in [0.15, 0.2) is 0 Å². The molecule has 2 heterocycles. The average molecular weight is 553 g/mol. The van der Waals surface area contributed by atoms with Crippen LogP contribution in [-0.2, 0) is 4.74 Å². The van der Waals surface area contributed by atoms with Gasteiger partial charge in [-0.1, -0.05) is 17.7 Å². The molecule has 5 rings (SSSR count). The number of ether oxygens (including phenoxy) is 2. The molecule has 0 spiro atoms. The number of amides is 1. The molecule has 1 unspecified atom stereocenters. The van der Waals surface area contributed by atoms with E-state index in [2.05, 4.69) is 22.6 Å². The van der Waals surface area contributed by atoms with Gasteiger partial charge < -0.3 is 29.9 Å². The summed E-state index contributed by atoms with van der Waals surface area (Å²) in [7, 11) is 2.14. The van der Waals surface area contributed by atoms with E-state index in [9.17, 15) is 9.18 Å². The van der Waals surface area contributed by atoms with Crippen LogP contribution in [0.3, 0.4) is 0 Å². The van der Waals surface area contributed by atoms with Crippen molar-refractivity contribution in [1.29, 1.82) is 0 Å². The van der Waals surface area contributed by atoms with Gasteiger partial charge in [0, 0.05) is 48.3 Å². The molecule has 2 N–H and O–H groups in total. The van der Waals surface area contributed by atoms with Gasteiger partial charge in [0.05, 0.1) is 30.0 Å². The first kappa shape index (κ1) is 27.2. The summed E-state index contributed by atoms with van der Waals surface area (Å²) in [6, 6.07) is 17.3. The van der Waals surface area contributed by atoms with Crippen LogP contribution in [0.4, 0.5) is 27.1 Å². The van der Waals surface area contributed by atoms with Crippen molar-refractivity contribution in [2.75, 3.05) is 62.0 Å². The molecular formula is C30H34ClFN4O3. The summed E-state index contributed by atoms with van der Waals surface area (Å²) in [5.41, 5.74) is 2.89. The largest absolute Gasteiger partial charge is 0.490 e. The lowest BCUT2D eigenvalue weighted by molar-refractivity contribution is 0.102. The van der Waals surface area contributed by atoms with Gasteiger partial charge in [-0.15, -0.1) is 0 Å². The molecule has 0 aromatic heterocycles. The van der Waals surface area contributed by atoms with E-state index in [1.807, 2.05) is 29.2 Å². The Balaban J connectivity index is 1.27. The highest BCUT2D eigenvalue weighted by molar-refractivity contribution is 6.33. The van der Waals surface area contributed by atoms with Crippen molar-refractivity contribution >= 4 is 40.3 Å². The Morgan fingerprint density at radius 2 is 1.85 bits per heavy atom. The molecule has 206 valence electrons. The lowest BCUT2D eigenvalue weighted by atomic mass is 10.1. The number of rotatable bonds is 7. The number of anilines is 4. The van der Waals surface area contributed by atoms with Crippen LogP contribution in [-0.4, -0.2) is 63.4 Å². The zero-order valence-corrected chi connectivity index (χ0v) is 22.8. The first-order valence-corrected chi connectivity index (χ1v) is 13.8. The Hall–Kier alpha value is -3.33. The molecule has 2 fully saturated rings. The van der Waals surface area contributed by atoms with Crippen molar-refractivity contribution < 1.29 is 18.7 Å². The third kappa shape index (κ3) is 7.41. The third-order valence-corrected chi connectivity index (χ3v) is 7.39. The van der Waals surface area contributed by atoms with Crippen LogP contribution in [0.2, 0.25) is 5.02 Å². The van der Waals surface area contributed by atoms with Gasteiger partial charge in [0.25, 0.3) is 5.91 Å². The molecule has 2 aliphatic heterocycles. The minimum Gasteiger partial charge on any atom is -0.490 e. The second-order valence-electron chi connectivity index (χ2n) is 10.1. The SMILES string of the molecule is CN1CCCC(Oc2cccc(Nc3cc(C(=O)Nc4cc(F)cc(N5CCOCC5)c4)ccc3Cl)c2)CC1. The average Bonchev–Trinajstić information content (AvgIpc) is 3.14. The lowest BCUT2D eigenvalue weighted by Gasteiger charge is -2.29.